The molecule has 2 aromatic rings. The van der Waals surface area contributed by atoms with Gasteiger partial charge >= 0.3 is 0 Å². The summed E-state index contributed by atoms with van der Waals surface area (Å²) in [6.45, 7) is 2.67. The van der Waals surface area contributed by atoms with E-state index in [0.29, 0.717) is 17.1 Å². The third-order valence-corrected chi connectivity index (χ3v) is 5.86. The topological polar surface area (TPSA) is 49.4 Å². The van der Waals surface area contributed by atoms with Crippen molar-refractivity contribution >= 4 is 27.0 Å². The second kappa shape index (κ2) is 5.95. The summed E-state index contributed by atoms with van der Waals surface area (Å²) in [7, 11) is -0.362. The van der Waals surface area contributed by atoms with Crippen LogP contribution in [-0.2, 0) is 16.6 Å². The second-order valence-corrected chi connectivity index (χ2v) is 7.58. The highest BCUT2D eigenvalue weighted by atomic mass is 32.2. The molecule has 0 saturated heterocycles. The van der Waals surface area contributed by atoms with Gasteiger partial charge in [0.1, 0.15) is 4.90 Å². The van der Waals surface area contributed by atoms with Crippen molar-refractivity contribution in [1.82, 2.24) is 4.31 Å². The summed E-state index contributed by atoms with van der Waals surface area (Å²) in [6.07, 6.45) is 0. The van der Waals surface area contributed by atoms with Crippen LogP contribution in [0.4, 0.5) is 5.69 Å². The molecule has 2 rings (SSSR count). The first-order valence-corrected chi connectivity index (χ1v) is 8.58. The normalized spacial score (nSPS) is 11.8. The molecular formula is C14H18N2O2S2. The Balaban J connectivity index is 2.28. The minimum atomic E-state index is -3.44. The Morgan fingerprint density at radius 3 is 2.50 bits per heavy atom. The summed E-state index contributed by atoms with van der Waals surface area (Å²) < 4.78 is 25.8. The van der Waals surface area contributed by atoms with Crippen LogP contribution in [0, 0.1) is 6.92 Å². The number of benzene rings is 1. The zero-order chi connectivity index (χ0) is 14.8. The standard InChI is InChI=1S/C14H18N2O2S2/c1-11-9-19-10-12(11)8-15-13-6-4-5-7-14(13)20(17,18)16(2)3/h4-7,9-10,15H,8H2,1-3H3. The number of aryl methyl sites for hydroxylation is 1. The Kier molecular flexibility index (Phi) is 4.47. The Hall–Kier alpha value is -1.37. The Labute approximate surface area is 124 Å². The number of nitrogens with one attached hydrogen (secondary N) is 1. The molecule has 1 aromatic heterocycles. The first kappa shape index (κ1) is 15.0. The van der Waals surface area contributed by atoms with Crippen LogP contribution < -0.4 is 5.32 Å². The highest BCUT2D eigenvalue weighted by Crippen LogP contribution is 2.24. The number of nitrogens with zero attached hydrogens (tertiary/aromatic N) is 1. The summed E-state index contributed by atoms with van der Waals surface area (Å²) in [6, 6.07) is 6.98. The first-order valence-electron chi connectivity index (χ1n) is 6.20. The molecule has 0 spiro atoms. The van der Waals surface area contributed by atoms with Crippen LogP contribution in [0.5, 0.6) is 0 Å². The molecule has 0 unspecified atom stereocenters. The lowest BCUT2D eigenvalue weighted by atomic mass is 10.2. The Morgan fingerprint density at radius 2 is 1.90 bits per heavy atom. The summed E-state index contributed by atoms with van der Waals surface area (Å²) in [5.41, 5.74) is 3.04. The zero-order valence-electron chi connectivity index (χ0n) is 11.8. The van der Waals surface area contributed by atoms with E-state index in [1.54, 1.807) is 29.5 Å². The van der Waals surface area contributed by atoms with Crippen molar-refractivity contribution in [3.63, 3.8) is 0 Å². The van der Waals surface area contributed by atoms with E-state index in [9.17, 15) is 8.42 Å². The smallest absolute Gasteiger partial charge is 0.244 e. The molecule has 4 nitrogen and oxygen atoms in total. The number of thiophene rings is 1. The van der Waals surface area contributed by atoms with Gasteiger partial charge in [0.2, 0.25) is 10.0 Å². The summed E-state index contributed by atoms with van der Waals surface area (Å²) in [5, 5.41) is 7.38. The van der Waals surface area contributed by atoms with E-state index >= 15 is 0 Å². The molecular weight excluding hydrogens is 292 g/mol. The SMILES string of the molecule is Cc1cscc1CNc1ccccc1S(=O)(=O)N(C)C. The van der Waals surface area contributed by atoms with Crippen molar-refractivity contribution in [2.24, 2.45) is 0 Å². The van der Waals surface area contributed by atoms with Gasteiger partial charge in [-0.25, -0.2) is 12.7 Å². The van der Waals surface area contributed by atoms with E-state index in [1.807, 2.05) is 6.07 Å². The molecule has 1 N–H and O–H groups in total. The molecule has 20 heavy (non-hydrogen) atoms. The number of rotatable bonds is 5. The maximum Gasteiger partial charge on any atom is 0.244 e. The molecule has 6 heteroatoms. The fraction of sp³-hybridized carbons (Fsp3) is 0.286. The number of hydrogen-bond donors (Lipinski definition) is 1. The monoisotopic (exact) mass is 310 g/mol. The van der Waals surface area contributed by atoms with Gasteiger partial charge < -0.3 is 5.32 Å². The van der Waals surface area contributed by atoms with E-state index in [1.165, 1.54) is 29.5 Å². The minimum Gasteiger partial charge on any atom is -0.380 e. The molecule has 0 aliphatic heterocycles. The summed E-state index contributed by atoms with van der Waals surface area (Å²) >= 11 is 1.65. The van der Waals surface area contributed by atoms with E-state index in [2.05, 4.69) is 23.0 Å². The molecule has 108 valence electrons. The summed E-state index contributed by atoms with van der Waals surface area (Å²) in [5.74, 6) is 0. The first-order chi connectivity index (χ1) is 9.43. The van der Waals surface area contributed by atoms with Gasteiger partial charge in [-0.1, -0.05) is 12.1 Å². The van der Waals surface area contributed by atoms with Gasteiger partial charge in [-0.3, -0.25) is 0 Å². The highest BCUT2D eigenvalue weighted by molar-refractivity contribution is 7.89. The van der Waals surface area contributed by atoms with Gasteiger partial charge in [-0.2, -0.15) is 11.3 Å². The van der Waals surface area contributed by atoms with E-state index in [-0.39, 0.29) is 0 Å². The highest BCUT2D eigenvalue weighted by Gasteiger charge is 2.20. The van der Waals surface area contributed by atoms with E-state index in [4.69, 9.17) is 0 Å². The second-order valence-electron chi connectivity index (χ2n) is 4.72. The lowest BCUT2D eigenvalue weighted by Gasteiger charge is -2.16. The predicted molar refractivity (Wildman–Crippen MR) is 83.7 cm³/mol. The third kappa shape index (κ3) is 3.03. The number of hydrogen-bond acceptors (Lipinski definition) is 4. The molecule has 1 heterocycles. The van der Waals surface area contributed by atoms with Gasteiger partial charge in [0, 0.05) is 20.6 Å². The van der Waals surface area contributed by atoms with Crippen LogP contribution in [0.25, 0.3) is 0 Å². The summed E-state index contributed by atoms with van der Waals surface area (Å²) in [4.78, 5) is 0.304. The van der Waals surface area contributed by atoms with Crippen molar-refractivity contribution < 1.29 is 8.42 Å². The maximum absolute atomic E-state index is 12.3. The van der Waals surface area contributed by atoms with Gasteiger partial charge in [0.15, 0.2) is 0 Å². The lowest BCUT2D eigenvalue weighted by Crippen LogP contribution is -2.23. The average Bonchev–Trinajstić information content (AvgIpc) is 2.82. The molecule has 0 radical (unpaired) electrons. The molecule has 0 fully saturated rings. The van der Waals surface area contributed by atoms with E-state index in [0.717, 1.165) is 0 Å². The lowest BCUT2D eigenvalue weighted by molar-refractivity contribution is 0.521. The molecule has 0 atom stereocenters. The molecule has 0 bridgehead atoms. The Morgan fingerprint density at radius 1 is 1.20 bits per heavy atom. The van der Waals surface area contributed by atoms with Crippen LogP contribution in [0.1, 0.15) is 11.1 Å². The zero-order valence-corrected chi connectivity index (χ0v) is 13.4. The number of anilines is 1. The van der Waals surface area contributed by atoms with Crippen molar-refractivity contribution in [3.05, 3.63) is 46.2 Å². The fourth-order valence-electron chi connectivity index (χ4n) is 1.79. The average molecular weight is 310 g/mol. The van der Waals surface area contributed by atoms with Gasteiger partial charge in [0.25, 0.3) is 0 Å². The number of sulfonamides is 1. The van der Waals surface area contributed by atoms with Crippen LogP contribution in [-0.4, -0.2) is 26.8 Å². The number of para-hydroxylation sites is 1. The third-order valence-electron chi connectivity index (χ3n) is 3.08. The van der Waals surface area contributed by atoms with Crippen LogP contribution >= 0.6 is 11.3 Å². The van der Waals surface area contributed by atoms with Gasteiger partial charge in [0.05, 0.1) is 5.69 Å². The fourth-order valence-corrected chi connectivity index (χ4v) is 3.71. The van der Waals surface area contributed by atoms with Crippen LogP contribution in [0.2, 0.25) is 0 Å². The molecule has 0 saturated carbocycles. The van der Waals surface area contributed by atoms with Gasteiger partial charge in [-0.15, -0.1) is 0 Å². The van der Waals surface area contributed by atoms with Crippen molar-refractivity contribution in [2.45, 2.75) is 18.4 Å². The molecule has 0 amide bonds. The molecule has 0 aliphatic carbocycles. The largest absolute Gasteiger partial charge is 0.380 e. The quantitative estimate of drug-likeness (QED) is 0.924. The van der Waals surface area contributed by atoms with Crippen molar-refractivity contribution in [1.29, 1.82) is 0 Å². The minimum absolute atomic E-state index is 0.304. The predicted octanol–water partition coefficient (Wildman–Crippen LogP) is 2.92. The van der Waals surface area contributed by atoms with E-state index < -0.39 is 10.0 Å². The van der Waals surface area contributed by atoms with Crippen LogP contribution in [0.3, 0.4) is 0 Å². The van der Waals surface area contributed by atoms with Gasteiger partial charge in [-0.05, 0) is 40.9 Å². The van der Waals surface area contributed by atoms with Crippen LogP contribution in [0.15, 0.2) is 39.9 Å². The van der Waals surface area contributed by atoms with Crippen molar-refractivity contribution in [2.75, 3.05) is 19.4 Å². The maximum atomic E-state index is 12.3. The molecule has 1 aromatic carbocycles. The Bertz CT molecular complexity index is 691. The van der Waals surface area contributed by atoms with Crippen molar-refractivity contribution in [3.8, 4) is 0 Å². The molecule has 0 aliphatic rings.